The van der Waals surface area contributed by atoms with Gasteiger partial charge in [-0.1, -0.05) is 6.92 Å². The molecule has 2 aromatic heterocycles. The molecule has 1 aliphatic heterocycles. The number of aromatic amines is 1. The van der Waals surface area contributed by atoms with Gasteiger partial charge in [-0.2, -0.15) is 0 Å². The molecule has 0 radical (unpaired) electrons. The quantitative estimate of drug-likeness (QED) is 0.788. The molecule has 0 saturated carbocycles. The maximum atomic E-state index is 11.5. The number of rotatable bonds is 7. The summed E-state index contributed by atoms with van der Waals surface area (Å²) in [6.07, 6.45) is 5.44. The van der Waals surface area contributed by atoms with E-state index < -0.39 is 0 Å². The van der Waals surface area contributed by atoms with E-state index in [4.69, 9.17) is 10.5 Å². The zero-order valence-corrected chi connectivity index (χ0v) is 15.4. The van der Waals surface area contributed by atoms with Crippen molar-refractivity contribution in [1.29, 1.82) is 0 Å². The number of nitrogens with zero attached hydrogens (tertiary/aromatic N) is 3. The topological polar surface area (TPSA) is 97.1 Å². The summed E-state index contributed by atoms with van der Waals surface area (Å²) in [5, 5.41) is 0. The Morgan fingerprint density at radius 1 is 1.50 bits per heavy atom. The van der Waals surface area contributed by atoms with Crippen LogP contribution in [0.2, 0.25) is 0 Å². The number of carbonyl (C=O) groups excluding carboxylic acids is 1. The summed E-state index contributed by atoms with van der Waals surface area (Å²) in [5.41, 5.74) is 7.67. The number of aryl methyl sites for hydroxylation is 2. The van der Waals surface area contributed by atoms with Gasteiger partial charge in [-0.15, -0.1) is 0 Å². The lowest BCUT2D eigenvalue weighted by Gasteiger charge is -2.38. The highest BCUT2D eigenvalue weighted by atomic mass is 16.5. The third kappa shape index (κ3) is 4.60. The second-order valence-electron chi connectivity index (χ2n) is 6.91. The van der Waals surface area contributed by atoms with Crippen molar-refractivity contribution in [2.45, 2.75) is 45.8 Å². The molecule has 1 fully saturated rings. The number of likely N-dealkylation sites (tertiary alicyclic amines) is 1. The van der Waals surface area contributed by atoms with Crippen LogP contribution in [-0.2, 0) is 17.8 Å². The number of nitrogens with two attached hydrogens (primary N) is 1. The first kappa shape index (κ1) is 18.4. The monoisotopic (exact) mass is 357 g/mol. The van der Waals surface area contributed by atoms with Crippen LogP contribution in [0.4, 0.5) is 0 Å². The predicted octanol–water partition coefficient (Wildman–Crippen LogP) is 1.82. The number of nitrogens with one attached hydrogen (secondary N) is 1. The summed E-state index contributed by atoms with van der Waals surface area (Å²) in [6, 6.07) is 3.74. The molecule has 3 heterocycles. The highest BCUT2D eigenvalue weighted by Crippen LogP contribution is 2.26. The summed E-state index contributed by atoms with van der Waals surface area (Å²) in [4.78, 5) is 26.0. The lowest BCUT2D eigenvalue weighted by Crippen LogP contribution is -2.46. The van der Waals surface area contributed by atoms with Gasteiger partial charge in [0.15, 0.2) is 0 Å². The minimum Gasteiger partial charge on any atom is -0.488 e. The van der Waals surface area contributed by atoms with E-state index in [0.717, 1.165) is 55.4 Å². The van der Waals surface area contributed by atoms with Crippen molar-refractivity contribution in [1.82, 2.24) is 19.9 Å². The van der Waals surface area contributed by atoms with Gasteiger partial charge in [-0.05, 0) is 25.5 Å². The standard InChI is InChI=1S/C19H27N5O2/c1-3-19-22-13(2)16(23-19)12-24-8-6-17(14(11-24)9-18(20)25)26-15-5-4-7-21-10-15/h4-5,7,10,14,17H,3,6,8-9,11-12H2,1-2H3,(H2,20,25)(H,22,23)/t14-,17-/m1/s1. The lowest BCUT2D eigenvalue weighted by molar-refractivity contribution is -0.120. The zero-order valence-electron chi connectivity index (χ0n) is 15.4. The molecule has 1 aliphatic rings. The summed E-state index contributed by atoms with van der Waals surface area (Å²) >= 11 is 0. The number of aromatic nitrogens is 3. The fraction of sp³-hybridized carbons (Fsp3) is 0.526. The van der Waals surface area contributed by atoms with Gasteiger partial charge in [-0.3, -0.25) is 14.7 Å². The number of imidazole rings is 1. The van der Waals surface area contributed by atoms with E-state index in [9.17, 15) is 4.79 Å². The fourth-order valence-electron chi connectivity index (χ4n) is 3.53. The maximum absolute atomic E-state index is 11.5. The number of pyridine rings is 1. The average Bonchev–Trinajstić information content (AvgIpc) is 2.97. The van der Waals surface area contributed by atoms with Crippen LogP contribution in [0.15, 0.2) is 24.5 Å². The molecule has 26 heavy (non-hydrogen) atoms. The first-order valence-electron chi connectivity index (χ1n) is 9.16. The van der Waals surface area contributed by atoms with Gasteiger partial charge in [0.2, 0.25) is 5.91 Å². The van der Waals surface area contributed by atoms with Crippen LogP contribution in [-0.4, -0.2) is 45.0 Å². The third-order valence-corrected chi connectivity index (χ3v) is 4.88. The predicted molar refractivity (Wildman–Crippen MR) is 98.6 cm³/mol. The molecule has 7 nitrogen and oxygen atoms in total. The van der Waals surface area contributed by atoms with Gasteiger partial charge in [0.1, 0.15) is 17.7 Å². The van der Waals surface area contributed by atoms with Crippen LogP contribution < -0.4 is 10.5 Å². The molecule has 140 valence electrons. The molecule has 1 saturated heterocycles. The second kappa shape index (κ2) is 8.31. The van der Waals surface area contributed by atoms with Crippen LogP contribution in [0, 0.1) is 12.8 Å². The average molecular weight is 357 g/mol. The van der Waals surface area contributed by atoms with Crippen LogP contribution in [0.5, 0.6) is 5.75 Å². The Hall–Kier alpha value is -2.41. The first-order valence-corrected chi connectivity index (χ1v) is 9.16. The molecule has 0 unspecified atom stereocenters. The Morgan fingerprint density at radius 2 is 2.35 bits per heavy atom. The summed E-state index contributed by atoms with van der Waals surface area (Å²) < 4.78 is 6.09. The molecule has 2 atom stereocenters. The lowest BCUT2D eigenvalue weighted by atomic mass is 9.91. The van der Waals surface area contributed by atoms with Gasteiger partial charge >= 0.3 is 0 Å². The van der Waals surface area contributed by atoms with E-state index in [2.05, 4.69) is 33.7 Å². The minimum atomic E-state index is -0.291. The maximum Gasteiger partial charge on any atom is 0.217 e. The summed E-state index contributed by atoms with van der Waals surface area (Å²) in [5.74, 6) is 1.52. The molecule has 0 bridgehead atoms. The number of H-pyrrole nitrogens is 1. The van der Waals surface area contributed by atoms with E-state index in [-0.39, 0.29) is 17.9 Å². The Labute approximate surface area is 154 Å². The molecular weight excluding hydrogens is 330 g/mol. The van der Waals surface area contributed by atoms with Gasteiger partial charge in [0.05, 0.1) is 11.9 Å². The number of piperidine rings is 1. The number of amides is 1. The van der Waals surface area contributed by atoms with E-state index >= 15 is 0 Å². The molecule has 0 spiro atoms. The van der Waals surface area contributed by atoms with E-state index in [1.807, 2.05) is 12.1 Å². The third-order valence-electron chi connectivity index (χ3n) is 4.88. The van der Waals surface area contributed by atoms with Crippen molar-refractivity contribution < 1.29 is 9.53 Å². The number of hydrogen-bond acceptors (Lipinski definition) is 5. The van der Waals surface area contributed by atoms with Crippen molar-refractivity contribution in [2.24, 2.45) is 11.7 Å². The van der Waals surface area contributed by atoms with Crippen molar-refractivity contribution in [3.05, 3.63) is 41.7 Å². The summed E-state index contributed by atoms with van der Waals surface area (Å²) in [6.45, 7) is 6.58. The highest BCUT2D eigenvalue weighted by Gasteiger charge is 2.32. The second-order valence-corrected chi connectivity index (χ2v) is 6.91. The first-order chi connectivity index (χ1) is 12.5. The number of carbonyl (C=O) groups is 1. The van der Waals surface area contributed by atoms with Crippen LogP contribution >= 0.6 is 0 Å². The Morgan fingerprint density at radius 3 is 3.00 bits per heavy atom. The largest absolute Gasteiger partial charge is 0.488 e. The van der Waals surface area contributed by atoms with Crippen molar-refractivity contribution in [3.8, 4) is 5.75 Å². The number of ether oxygens (including phenoxy) is 1. The van der Waals surface area contributed by atoms with Crippen molar-refractivity contribution >= 4 is 5.91 Å². The van der Waals surface area contributed by atoms with Gasteiger partial charge in [0.25, 0.3) is 0 Å². The molecule has 0 aromatic carbocycles. The molecule has 2 aromatic rings. The normalized spacial score (nSPS) is 20.8. The Kier molecular flexibility index (Phi) is 5.88. The van der Waals surface area contributed by atoms with E-state index in [1.165, 1.54) is 0 Å². The fourth-order valence-corrected chi connectivity index (χ4v) is 3.53. The van der Waals surface area contributed by atoms with Gasteiger partial charge in [0, 0.05) is 50.3 Å². The molecular formula is C19H27N5O2. The summed E-state index contributed by atoms with van der Waals surface area (Å²) in [7, 11) is 0. The smallest absolute Gasteiger partial charge is 0.217 e. The molecule has 3 rings (SSSR count). The Balaban J connectivity index is 1.66. The van der Waals surface area contributed by atoms with Crippen molar-refractivity contribution in [3.63, 3.8) is 0 Å². The van der Waals surface area contributed by atoms with E-state index in [1.54, 1.807) is 12.4 Å². The van der Waals surface area contributed by atoms with Gasteiger partial charge in [-0.25, -0.2) is 4.98 Å². The van der Waals surface area contributed by atoms with Crippen LogP contribution in [0.1, 0.15) is 37.0 Å². The molecule has 1 amide bonds. The Bertz CT molecular complexity index is 731. The van der Waals surface area contributed by atoms with E-state index in [0.29, 0.717) is 6.42 Å². The number of hydrogen-bond donors (Lipinski definition) is 2. The van der Waals surface area contributed by atoms with Crippen LogP contribution in [0.3, 0.4) is 0 Å². The van der Waals surface area contributed by atoms with Crippen LogP contribution in [0.25, 0.3) is 0 Å². The molecule has 0 aliphatic carbocycles. The highest BCUT2D eigenvalue weighted by molar-refractivity contribution is 5.74. The minimum absolute atomic E-state index is 0.0329. The zero-order chi connectivity index (χ0) is 18.5. The van der Waals surface area contributed by atoms with Crippen molar-refractivity contribution in [2.75, 3.05) is 13.1 Å². The molecule has 3 N–H and O–H groups in total. The van der Waals surface area contributed by atoms with Gasteiger partial charge < -0.3 is 15.5 Å². The number of primary amides is 1. The SMILES string of the molecule is CCc1nc(CN2CC[C@@H](Oc3cccnc3)[C@H](CC(N)=O)C2)c(C)[nH]1. The molecule has 7 heteroatoms.